The van der Waals surface area contributed by atoms with Gasteiger partial charge in [0.25, 0.3) is 0 Å². The monoisotopic (exact) mass is 452 g/mol. The van der Waals surface area contributed by atoms with E-state index in [4.69, 9.17) is 11.6 Å². The number of anilines is 1. The number of hydrogen-bond donors (Lipinski definition) is 1. The molecule has 10 heteroatoms. The number of fused-ring (bicyclic) bond motifs is 2. The van der Waals surface area contributed by atoms with Crippen molar-refractivity contribution in [3.8, 4) is 0 Å². The third-order valence-corrected chi connectivity index (χ3v) is 6.78. The molecule has 1 N–H and O–H groups in total. The van der Waals surface area contributed by atoms with Crippen molar-refractivity contribution in [2.45, 2.75) is 38.9 Å². The first-order valence-electron chi connectivity index (χ1n) is 10.7. The maximum atomic E-state index is 12.5. The fraction of sp³-hybridized carbons (Fsp3) is 0.409. The summed E-state index contributed by atoms with van der Waals surface area (Å²) < 4.78 is 1.43. The lowest BCUT2D eigenvalue weighted by Crippen LogP contribution is -2.57. The van der Waals surface area contributed by atoms with Gasteiger partial charge in [-0.2, -0.15) is 10.1 Å². The number of rotatable bonds is 3. The van der Waals surface area contributed by atoms with E-state index in [-0.39, 0.29) is 23.8 Å². The Morgan fingerprint density at radius 2 is 1.88 bits per heavy atom. The van der Waals surface area contributed by atoms with Crippen molar-refractivity contribution >= 4 is 39.5 Å². The Labute approximate surface area is 190 Å². The molecule has 0 spiro atoms. The molecule has 0 unspecified atom stereocenters. The molecular weight excluding hydrogens is 428 g/mol. The van der Waals surface area contributed by atoms with Crippen molar-refractivity contribution in [1.29, 1.82) is 0 Å². The Hall–Kier alpha value is -3.04. The molecule has 5 rings (SSSR count). The molecule has 3 aromatic heterocycles. The maximum absolute atomic E-state index is 12.5. The van der Waals surface area contributed by atoms with E-state index in [1.54, 1.807) is 19.4 Å². The number of H-pyrrole nitrogens is 1. The number of nitrogens with one attached hydrogen (secondary N) is 1. The Kier molecular flexibility index (Phi) is 5.10. The molecule has 0 bridgehead atoms. The van der Waals surface area contributed by atoms with Crippen LogP contribution < -0.4 is 10.6 Å². The van der Waals surface area contributed by atoms with Crippen molar-refractivity contribution < 1.29 is 0 Å². The zero-order valence-electron chi connectivity index (χ0n) is 18.4. The van der Waals surface area contributed by atoms with E-state index >= 15 is 0 Å². The molecule has 9 nitrogen and oxygen atoms in total. The second-order valence-corrected chi connectivity index (χ2v) is 8.92. The SMILES string of the molecule is C[C@@H]1CN(c2nc(=O)n(C)c3c(Cl)[nH]nc23)[C@@H](C)CN1[C@H](C)c1ccc2nccnc2c1. The molecule has 4 heterocycles. The molecule has 0 saturated carbocycles. The van der Waals surface area contributed by atoms with E-state index in [9.17, 15) is 4.79 Å². The third-order valence-electron chi connectivity index (χ3n) is 6.51. The van der Waals surface area contributed by atoms with Crippen LogP contribution in [0.3, 0.4) is 0 Å². The van der Waals surface area contributed by atoms with Crippen molar-refractivity contribution in [3.05, 3.63) is 51.8 Å². The van der Waals surface area contributed by atoms with E-state index in [0.29, 0.717) is 22.0 Å². The minimum absolute atomic E-state index is 0.132. The Morgan fingerprint density at radius 1 is 1.12 bits per heavy atom. The van der Waals surface area contributed by atoms with Crippen LogP contribution in [0.5, 0.6) is 0 Å². The van der Waals surface area contributed by atoms with Gasteiger partial charge >= 0.3 is 5.69 Å². The van der Waals surface area contributed by atoms with E-state index in [1.165, 1.54) is 10.1 Å². The number of aromatic amines is 1. The lowest BCUT2D eigenvalue weighted by molar-refractivity contribution is 0.119. The zero-order valence-corrected chi connectivity index (χ0v) is 19.2. The molecule has 1 aromatic carbocycles. The van der Waals surface area contributed by atoms with E-state index < -0.39 is 0 Å². The highest BCUT2D eigenvalue weighted by atomic mass is 35.5. The topological polar surface area (TPSA) is 95.8 Å². The molecule has 1 aliphatic heterocycles. The highest BCUT2D eigenvalue weighted by Crippen LogP contribution is 2.32. The van der Waals surface area contributed by atoms with Gasteiger partial charge < -0.3 is 4.90 Å². The summed E-state index contributed by atoms with van der Waals surface area (Å²) in [5.74, 6) is 0.582. The molecule has 32 heavy (non-hydrogen) atoms. The molecule has 4 aromatic rings. The van der Waals surface area contributed by atoms with Gasteiger partial charge in [-0.15, -0.1) is 0 Å². The molecule has 166 valence electrons. The normalized spacial score (nSPS) is 20.8. The van der Waals surface area contributed by atoms with Crippen molar-refractivity contribution in [3.63, 3.8) is 0 Å². The zero-order chi connectivity index (χ0) is 22.6. The van der Waals surface area contributed by atoms with Crippen LogP contribution in [-0.2, 0) is 7.05 Å². The second-order valence-electron chi connectivity index (χ2n) is 8.54. The lowest BCUT2D eigenvalue weighted by Gasteiger charge is -2.47. The fourth-order valence-electron chi connectivity index (χ4n) is 4.71. The van der Waals surface area contributed by atoms with Gasteiger partial charge in [0.15, 0.2) is 11.3 Å². The van der Waals surface area contributed by atoms with Gasteiger partial charge in [0.1, 0.15) is 10.7 Å². The molecule has 0 aliphatic carbocycles. The summed E-state index contributed by atoms with van der Waals surface area (Å²) in [7, 11) is 1.66. The number of hydrogen-bond acceptors (Lipinski definition) is 7. The summed E-state index contributed by atoms with van der Waals surface area (Å²) in [5.41, 5.74) is 3.86. The van der Waals surface area contributed by atoms with Crippen LogP contribution in [0.2, 0.25) is 5.15 Å². The van der Waals surface area contributed by atoms with Gasteiger partial charge in [-0.1, -0.05) is 17.7 Å². The third kappa shape index (κ3) is 3.32. The molecular formula is C22H25ClN8O. The predicted molar refractivity (Wildman–Crippen MR) is 125 cm³/mol. The molecule has 0 amide bonds. The summed E-state index contributed by atoms with van der Waals surface area (Å²) in [6.45, 7) is 8.11. The van der Waals surface area contributed by atoms with Crippen LogP contribution in [0, 0.1) is 0 Å². The van der Waals surface area contributed by atoms with Crippen LogP contribution in [0.1, 0.15) is 32.4 Å². The van der Waals surface area contributed by atoms with Crippen molar-refractivity contribution in [1.82, 2.24) is 34.6 Å². The lowest BCUT2D eigenvalue weighted by atomic mass is 10.00. The molecule has 3 atom stereocenters. The minimum Gasteiger partial charge on any atom is -0.349 e. The molecule has 1 aliphatic rings. The average molecular weight is 453 g/mol. The van der Waals surface area contributed by atoms with Gasteiger partial charge in [-0.05, 0) is 38.5 Å². The fourth-order valence-corrected chi connectivity index (χ4v) is 4.97. The second kappa shape index (κ2) is 7.83. The number of halogens is 1. The highest BCUT2D eigenvalue weighted by Gasteiger charge is 2.34. The summed E-state index contributed by atoms with van der Waals surface area (Å²) >= 11 is 6.26. The highest BCUT2D eigenvalue weighted by molar-refractivity contribution is 6.34. The first-order chi connectivity index (χ1) is 15.3. The minimum atomic E-state index is -0.344. The number of piperazine rings is 1. The van der Waals surface area contributed by atoms with E-state index in [1.807, 2.05) is 6.07 Å². The summed E-state index contributed by atoms with van der Waals surface area (Å²) in [4.78, 5) is 30.3. The Balaban J connectivity index is 1.45. The first-order valence-corrected chi connectivity index (χ1v) is 11.1. The number of benzene rings is 1. The van der Waals surface area contributed by atoms with Gasteiger partial charge in [-0.3, -0.25) is 24.5 Å². The van der Waals surface area contributed by atoms with Crippen LogP contribution in [0.4, 0.5) is 5.82 Å². The number of nitrogens with zero attached hydrogens (tertiary/aromatic N) is 7. The van der Waals surface area contributed by atoms with Crippen molar-refractivity contribution in [2.75, 3.05) is 18.0 Å². The van der Waals surface area contributed by atoms with Gasteiger partial charge in [0.2, 0.25) is 0 Å². The summed E-state index contributed by atoms with van der Waals surface area (Å²) in [6.07, 6.45) is 3.43. The smallest absolute Gasteiger partial charge is 0.349 e. The number of aryl methyl sites for hydroxylation is 1. The van der Waals surface area contributed by atoms with Gasteiger partial charge in [0, 0.05) is 50.7 Å². The number of aromatic nitrogens is 6. The first kappa shape index (κ1) is 20.8. The Bertz CT molecular complexity index is 1370. The van der Waals surface area contributed by atoms with Crippen LogP contribution >= 0.6 is 11.6 Å². The van der Waals surface area contributed by atoms with Crippen molar-refractivity contribution in [2.24, 2.45) is 7.05 Å². The van der Waals surface area contributed by atoms with Crippen LogP contribution in [0.15, 0.2) is 35.4 Å². The van der Waals surface area contributed by atoms with Gasteiger partial charge in [0.05, 0.1) is 11.0 Å². The van der Waals surface area contributed by atoms with Gasteiger partial charge in [-0.25, -0.2) is 4.79 Å². The van der Waals surface area contributed by atoms with Crippen LogP contribution in [-0.4, -0.2) is 59.8 Å². The molecule has 1 fully saturated rings. The van der Waals surface area contributed by atoms with E-state index in [0.717, 1.165) is 24.1 Å². The Morgan fingerprint density at radius 3 is 2.66 bits per heavy atom. The predicted octanol–water partition coefficient (Wildman–Crippen LogP) is 2.91. The molecule has 0 radical (unpaired) electrons. The maximum Gasteiger partial charge on any atom is 0.349 e. The largest absolute Gasteiger partial charge is 0.349 e. The average Bonchev–Trinajstić information content (AvgIpc) is 3.18. The van der Waals surface area contributed by atoms with Crippen LogP contribution in [0.25, 0.3) is 22.1 Å². The van der Waals surface area contributed by atoms with E-state index in [2.05, 4.69) is 67.9 Å². The summed E-state index contributed by atoms with van der Waals surface area (Å²) in [6, 6.07) is 6.84. The standard InChI is InChI=1S/C22H25ClN8O/c1-12-11-31(21-18-19(20(23)28-27-18)29(4)22(32)26-21)13(2)10-30(12)14(3)15-5-6-16-17(9-15)25-8-7-24-16/h5-9,12-14H,10-11H2,1-4H3,(H,27,28)/t12-,13+,14-/m1/s1. The quantitative estimate of drug-likeness (QED) is 0.510. The summed E-state index contributed by atoms with van der Waals surface area (Å²) in [5, 5.41) is 7.46. The molecule has 1 saturated heterocycles.